The molecule has 3 heteroatoms. The third-order valence-corrected chi connectivity index (χ3v) is 2.96. The molecule has 0 fully saturated rings. The Balaban J connectivity index is 2.13. The van der Waals surface area contributed by atoms with E-state index in [-0.39, 0.29) is 17.6 Å². The van der Waals surface area contributed by atoms with Gasteiger partial charge in [-0.15, -0.1) is 0 Å². The molecule has 0 aliphatic rings. The van der Waals surface area contributed by atoms with Gasteiger partial charge >= 0.3 is 0 Å². The van der Waals surface area contributed by atoms with Crippen LogP contribution >= 0.6 is 0 Å². The summed E-state index contributed by atoms with van der Waals surface area (Å²) in [6.07, 6.45) is 0. The van der Waals surface area contributed by atoms with Gasteiger partial charge in [0.25, 0.3) is 0 Å². The molecule has 0 saturated heterocycles. The lowest BCUT2D eigenvalue weighted by Gasteiger charge is -2.16. The summed E-state index contributed by atoms with van der Waals surface area (Å²) in [6.45, 7) is 3.84. The van der Waals surface area contributed by atoms with E-state index in [1.54, 1.807) is 18.2 Å². The van der Waals surface area contributed by atoms with Gasteiger partial charge in [0.1, 0.15) is 11.6 Å². The van der Waals surface area contributed by atoms with E-state index in [1.807, 2.05) is 26.0 Å². The molecule has 2 N–H and O–H groups in total. The van der Waals surface area contributed by atoms with Crippen LogP contribution in [-0.4, -0.2) is 5.11 Å². The van der Waals surface area contributed by atoms with Crippen molar-refractivity contribution < 1.29 is 9.50 Å². The number of benzene rings is 2. The summed E-state index contributed by atoms with van der Waals surface area (Å²) in [5.74, 6) is 0.0326. The van der Waals surface area contributed by atoms with Crippen LogP contribution < -0.4 is 5.32 Å². The lowest BCUT2D eigenvalue weighted by Crippen LogP contribution is -2.06. The lowest BCUT2D eigenvalue weighted by molar-refractivity contribution is 0.471. The Bertz CT molecular complexity index is 537. The van der Waals surface area contributed by atoms with Crippen molar-refractivity contribution in [3.8, 4) is 5.75 Å². The zero-order valence-corrected chi connectivity index (χ0v) is 10.4. The van der Waals surface area contributed by atoms with E-state index in [1.165, 1.54) is 12.1 Å². The van der Waals surface area contributed by atoms with E-state index >= 15 is 0 Å². The number of anilines is 1. The number of hydrogen-bond acceptors (Lipinski definition) is 2. The molecule has 1 unspecified atom stereocenters. The fourth-order valence-corrected chi connectivity index (χ4v) is 1.78. The summed E-state index contributed by atoms with van der Waals surface area (Å²) in [6, 6.07) is 11.9. The van der Waals surface area contributed by atoms with Crippen molar-refractivity contribution in [2.45, 2.75) is 19.9 Å². The third kappa shape index (κ3) is 2.80. The molecule has 0 spiro atoms. The molecule has 2 rings (SSSR count). The molecule has 0 aliphatic heterocycles. The van der Waals surface area contributed by atoms with Crippen molar-refractivity contribution in [3.63, 3.8) is 0 Å². The molecule has 0 aliphatic carbocycles. The Hall–Kier alpha value is -2.03. The standard InChI is InChI=1S/C15H16FNO/c1-10-3-8-14(9-15(10)18)17-11(2)12-4-6-13(16)7-5-12/h3-9,11,17-18H,1-2H3. The fourth-order valence-electron chi connectivity index (χ4n) is 1.78. The molecule has 0 heterocycles. The molecule has 2 nitrogen and oxygen atoms in total. The van der Waals surface area contributed by atoms with Crippen molar-refractivity contribution >= 4 is 5.69 Å². The maximum Gasteiger partial charge on any atom is 0.123 e. The highest BCUT2D eigenvalue weighted by Gasteiger charge is 2.06. The fraction of sp³-hybridized carbons (Fsp3) is 0.200. The molecule has 18 heavy (non-hydrogen) atoms. The second-order valence-corrected chi connectivity index (χ2v) is 4.42. The first-order valence-electron chi connectivity index (χ1n) is 5.88. The number of nitrogens with one attached hydrogen (secondary N) is 1. The van der Waals surface area contributed by atoms with Gasteiger partial charge in [0, 0.05) is 17.8 Å². The Morgan fingerprint density at radius 1 is 1.11 bits per heavy atom. The highest BCUT2D eigenvalue weighted by molar-refractivity contribution is 5.52. The van der Waals surface area contributed by atoms with Gasteiger partial charge in [-0.2, -0.15) is 0 Å². The Morgan fingerprint density at radius 2 is 1.78 bits per heavy atom. The Morgan fingerprint density at radius 3 is 2.39 bits per heavy atom. The second kappa shape index (κ2) is 5.08. The first kappa shape index (κ1) is 12.4. The molecule has 0 bridgehead atoms. The van der Waals surface area contributed by atoms with Crippen molar-refractivity contribution in [2.75, 3.05) is 5.32 Å². The van der Waals surface area contributed by atoms with Crippen LogP contribution in [0.3, 0.4) is 0 Å². The van der Waals surface area contributed by atoms with Crippen LogP contribution in [0.15, 0.2) is 42.5 Å². The van der Waals surface area contributed by atoms with Crippen molar-refractivity contribution in [3.05, 3.63) is 59.4 Å². The largest absolute Gasteiger partial charge is 0.508 e. The van der Waals surface area contributed by atoms with Gasteiger partial charge < -0.3 is 10.4 Å². The van der Waals surface area contributed by atoms with E-state index in [2.05, 4.69) is 5.32 Å². The molecular formula is C15H16FNO. The number of phenolic OH excluding ortho intramolecular Hbond substituents is 1. The number of rotatable bonds is 3. The summed E-state index contributed by atoms with van der Waals surface area (Å²) >= 11 is 0. The number of phenols is 1. The smallest absolute Gasteiger partial charge is 0.123 e. The van der Waals surface area contributed by atoms with E-state index in [9.17, 15) is 9.50 Å². The predicted octanol–water partition coefficient (Wildman–Crippen LogP) is 4.01. The Kier molecular flexibility index (Phi) is 3.51. The van der Waals surface area contributed by atoms with Gasteiger partial charge in [-0.1, -0.05) is 18.2 Å². The summed E-state index contributed by atoms with van der Waals surface area (Å²) < 4.78 is 12.8. The monoisotopic (exact) mass is 245 g/mol. The van der Waals surface area contributed by atoms with Crippen molar-refractivity contribution in [2.24, 2.45) is 0 Å². The molecule has 2 aromatic rings. The molecule has 94 valence electrons. The average Bonchev–Trinajstić information content (AvgIpc) is 2.34. The SMILES string of the molecule is Cc1ccc(NC(C)c2ccc(F)cc2)cc1O. The van der Waals surface area contributed by atoms with Crippen LogP contribution in [0.4, 0.5) is 10.1 Å². The minimum absolute atomic E-state index is 0.0488. The summed E-state index contributed by atoms with van der Waals surface area (Å²) in [5, 5.41) is 12.9. The van der Waals surface area contributed by atoms with Crippen LogP contribution in [0.25, 0.3) is 0 Å². The maximum atomic E-state index is 12.8. The van der Waals surface area contributed by atoms with Crippen LogP contribution in [0.5, 0.6) is 5.75 Å². The van der Waals surface area contributed by atoms with E-state index in [0.717, 1.165) is 16.8 Å². The minimum Gasteiger partial charge on any atom is -0.508 e. The highest BCUT2D eigenvalue weighted by Crippen LogP contribution is 2.24. The summed E-state index contributed by atoms with van der Waals surface area (Å²) in [7, 11) is 0. The Labute approximate surface area is 106 Å². The van der Waals surface area contributed by atoms with Gasteiger partial charge in [-0.25, -0.2) is 4.39 Å². The molecule has 0 saturated carbocycles. The number of hydrogen-bond donors (Lipinski definition) is 2. The van der Waals surface area contributed by atoms with Gasteiger partial charge in [-0.3, -0.25) is 0 Å². The van der Waals surface area contributed by atoms with Gasteiger partial charge in [0.05, 0.1) is 0 Å². The van der Waals surface area contributed by atoms with Crippen LogP contribution in [0, 0.1) is 12.7 Å². The average molecular weight is 245 g/mol. The number of aromatic hydroxyl groups is 1. The first-order valence-corrected chi connectivity index (χ1v) is 5.88. The van der Waals surface area contributed by atoms with Crippen LogP contribution in [0.1, 0.15) is 24.1 Å². The normalized spacial score (nSPS) is 12.2. The zero-order chi connectivity index (χ0) is 13.1. The van der Waals surface area contributed by atoms with E-state index < -0.39 is 0 Å². The van der Waals surface area contributed by atoms with E-state index in [4.69, 9.17) is 0 Å². The lowest BCUT2D eigenvalue weighted by atomic mass is 10.1. The molecule has 2 aromatic carbocycles. The minimum atomic E-state index is -0.237. The van der Waals surface area contributed by atoms with Crippen LogP contribution in [-0.2, 0) is 0 Å². The van der Waals surface area contributed by atoms with E-state index in [0.29, 0.717) is 0 Å². The topological polar surface area (TPSA) is 32.3 Å². The van der Waals surface area contributed by atoms with Crippen molar-refractivity contribution in [1.29, 1.82) is 0 Å². The number of aryl methyl sites for hydroxylation is 1. The zero-order valence-electron chi connectivity index (χ0n) is 10.4. The van der Waals surface area contributed by atoms with Gasteiger partial charge in [0.2, 0.25) is 0 Å². The first-order chi connectivity index (χ1) is 8.56. The molecule has 1 atom stereocenters. The highest BCUT2D eigenvalue weighted by atomic mass is 19.1. The number of halogens is 1. The molecule has 0 radical (unpaired) electrons. The van der Waals surface area contributed by atoms with Gasteiger partial charge in [0.15, 0.2) is 0 Å². The molecule has 0 aromatic heterocycles. The third-order valence-electron chi connectivity index (χ3n) is 2.96. The van der Waals surface area contributed by atoms with Crippen molar-refractivity contribution in [1.82, 2.24) is 0 Å². The van der Waals surface area contributed by atoms with Crippen LogP contribution in [0.2, 0.25) is 0 Å². The molecule has 0 amide bonds. The van der Waals surface area contributed by atoms with Gasteiger partial charge in [-0.05, 0) is 43.2 Å². The summed E-state index contributed by atoms with van der Waals surface area (Å²) in [4.78, 5) is 0. The predicted molar refractivity (Wildman–Crippen MR) is 71.3 cm³/mol. The maximum absolute atomic E-state index is 12.8. The second-order valence-electron chi connectivity index (χ2n) is 4.42. The quantitative estimate of drug-likeness (QED) is 0.856. The summed E-state index contributed by atoms with van der Waals surface area (Å²) in [5.41, 5.74) is 2.68. The molecular weight excluding hydrogens is 229 g/mol.